The minimum Gasteiger partial charge on any atom is -0.377 e. The molecule has 2 aliphatic heterocycles. The Labute approximate surface area is 202 Å². The van der Waals surface area contributed by atoms with Gasteiger partial charge in [0, 0.05) is 59.2 Å². The molecule has 4 rings (SSSR count). The van der Waals surface area contributed by atoms with E-state index in [0.717, 1.165) is 26.0 Å². The van der Waals surface area contributed by atoms with Crippen molar-refractivity contribution in [3.63, 3.8) is 0 Å². The average Bonchev–Trinajstić information content (AvgIpc) is 3.26. The number of sulfonamides is 1. The molecule has 0 bridgehead atoms. The first-order chi connectivity index (χ1) is 15.3. The van der Waals surface area contributed by atoms with Crippen LogP contribution < -0.4 is 0 Å². The number of benzene rings is 2. The predicted molar refractivity (Wildman–Crippen MR) is 127 cm³/mol. The molecule has 2 saturated heterocycles. The first-order valence-electron chi connectivity index (χ1n) is 10.3. The Morgan fingerprint density at radius 2 is 1.78 bits per heavy atom. The molecule has 2 fully saturated rings. The molecule has 2 aromatic rings. The van der Waals surface area contributed by atoms with E-state index in [0.29, 0.717) is 46.0 Å². The molecule has 0 spiro atoms. The maximum atomic E-state index is 13.5. The molecule has 32 heavy (non-hydrogen) atoms. The summed E-state index contributed by atoms with van der Waals surface area (Å²) in [5.41, 5.74) is 0.0640. The summed E-state index contributed by atoms with van der Waals surface area (Å²) >= 11 is 13.4. The highest BCUT2D eigenvalue weighted by Crippen LogP contribution is 2.38. The van der Waals surface area contributed by atoms with E-state index in [-0.39, 0.29) is 16.7 Å². The van der Waals surface area contributed by atoms with Gasteiger partial charge in [-0.15, -0.1) is 4.91 Å². The second-order valence-corrected chi connectivity index (χ2v) is 11.7. The lowest BCUT2D eigenvalue weighted by atomic mass is 10.2. The Bertz CT molecular complexity index is 1070. The van der Waals surface area contributed by atoms with E-state index in [1.165, 1.54) is 28.2 Å². The largest absolute Gasteiger partial charge is 0.377 e. The zero-order valence-corrected chi connectivity index (χ0v) is 20.4. The van der Waals surface area contributed by atoms with Crippen molar-refractivity contribution in [2.45, 2.75) is 33.6 Å². The van der Waals surface area contributed by atoms with Gasteiger partial charge in [0.2, 0.25) is 10.0 Å². The van der Waals surface area contributed by atoms with Crippen molar-refractivity contribution >= 4 is 50.7 Å². The number of piperazine rings is 1. The van der Waals surface area contributed by atoms with Crippen LogP contribution in [0.3, 0.4) is 0 Å². The summed E-state index contributed by atoms with van der Waals surface area (Å²) in [6.07, 6.45) is 2.37. The summed E-state index contributed by atoms with van der Waals surface area (Å²) in [6.45, 7) is 3.66. The van der Waals surface area contributed by atoms with Gasteiger partial charge in [-0.05, 0) is 54.4 Å². The van der Waals surface area contributed by atoms with Crippen LogP contribution in [-0.2, 0) is 14.8 Å². The Hall–Kier alpha value is -1.20. The fourth-order valence-electron chi connectivity index (χ4n) is 3.92. The molecule has 1 unspecified atom stereocenters. The van der Waals surface area contributed by atoms with Crippen LogP contribution in [0.5, 0.6) is 0 Å². The summed E-state index contributed by atoms with van der Waals surface area (Å²) in [5, 5.41) is 3.84. The topological polar surface area (TPSA) is 79.3 Å². The standard InChI is InChI=1S/C21H23Cl2N3O4S2/c22-15-10-16(23)12-19(11-15)31-20-4-3-17(24-27)13-21(20)32(28,29)26-7-5-25(6-8-26)14-18-2-1-9-30-18/h3-4,10-13,18H,1-2,5-9,14H2. The van der Waals surface area contributed by atoms with E-state index in [4.69, 9.17) is 27.9 Å². The van der Waals surface area contributed by atoms with Gasteiger partial charge < -0.3 is 4.74 Å². The number of rotatable bonds is 7. The summed E-state index contributed by atoms with van der Waals surface area (Å²) in [6, 6.07) is 9.46. The molecule has 11 heteroatoms. The quantitative estimate of drug-likeness (QED) is 0.481. The number of ether oxygens (including phenoxy) is 1. The van der Waals surface area contributed by atoms with Crippen LogP contribution in [0.2, 0.25) is 10.0 Å². The van der Waals surface area contributed by atoms with Crippen LogP contribution in [0, 0.1) is 4.91 Å². The van der Waals surface area contributed by atoms with E-state index >= 15 is 0 Å². The smallest absolute Gasteiger partial charge is 0.244 e. The highest BCUT2D eigenvalue weighted by Gasteiger charge is 2.32. The van der Waals surface area contributed by atoms with E-state index < -0.39 is 10.0 Å². The van der Waals surface area contributed by atoms with Gasteiger partial charge in [-0.1, -0.05) is 35.0 Å². The summed E-state index contributed by atoms with van der Waals surface area (Å²) in [7, 11) is -3.83. The SMILES string of the molecule is O=Nc1ccc(Sc2cc(Cl)cc(Cl)c2)c(S(=O)(=O)N2CCN(CC3CCCO3)CC2)c1. The Kier molecular flexibility index (Phi) is 7.77. The van der Waals surface area contributed by atoms with Gasteiger partial charge in [0.15, 0.2) is 0 Å². The van der Waals surface area contributed by atoms with Crippen molar-refractivity contribution in [2.75, 3.05) is 39.3 Å². The third-order valence-electron chi connectivity index (χ3n) is 5.53. The van der Waals surface area contributed by atoms with E-state index in [2.05, 4.69) is 10.1 Å². The van der Waals surface area contributed by atoms with E-state index in [1.54, 1.807) is 24.3 Å². The minimum absolute atomic E-state index is 0.0586. The Balaban J connectivity index is 1.55. The molecule has 172 valence electrons. The second-order valence-electron chi connectivity index (χ2n) is 7.77. The molecule has 0 amide bonds. The second kappa shape index (κ2) is 10.4. The van der Waals surface area contributed by atoms with Crippen molar-refractivity contribution in [1.82, 2.24) is 9.21 Å². The molecule has 0 aromatic heterocycles. The first-order valence-corrected chi connectivity index (χ1v) is 13.3. The predicted octanol–water partition coefficient (Wildman–Crippen LogP) is 5.03. The molecule has 7 nitrogen and oxygen atoms in total. The Morgan fingerprint density at radius 3 is 2.41 bits per heavy atom. The van der Waals surface area contributed by atoms with Crippen molar-refractivity contribution in [1.29, 1.82) is 0 Å². The monoisotopic (exact) mass is 515 g/mol. The van der Waals surface area contributed by atoms with Crippen molar-refractivity contribution in [3.05, 3.63) is 51.4 Å². The molecular weight excluding hydrogens is 493 g/mol. The normalized spacial score (nSPS) is 20.5. The lowest BCUT2D eigenvalue weighted by molar-refractivity contribution is 0.0617. The third-order valence-corrected chi connectivity index (χ3v) is 9.08. The van der Waals surface area contributed by atoms with Crippen LogP contribution in [0.25, 0.3) is 0 Å². The van der Waals surface area contributed by atoms with Crippen LogP contribution in [-0.4, -0.2) is 63.1 Å². The average molecular weight is 516 g/mol. The van der Waals surface area contributed by atoms with Gasteiger partial charge in [-0.2, -0.15) is 4.31 Å². The number of hydrogen-bond donors (Lipinski definition) is 0. The molecule has 0 saturated carbocycles. The van der Waals surface area contributed by atoms with Crippen LogP contribution in [0.4, 0.5) is 5.69 Å². The first kappa shape index (κ1) is 23.9. The van der Waals surface area contributed by atoms with Gasteiger partial charge in [-0.3, -0.25) is 4.90 Å². The summed E-state index contributed by atoms with van der Waals surface area (Å²) in [4.78, 5) is 14.6. The zero-order chi connectivity index (χ0) is 22.7. The number of hydrogen-bond acceptors (Lipinski definition) is 7. The molecule has 1 atom stereocenters. The van der Waals surface area contributed by atoms with E-state index in [9.17, 15) is 13.3 Å². The number of halogens is 2. The van der Waals surface area contributed by atoms with Gasteiger partial charge in [0.05, 0.1) is 11.0 Å². The highest BCUT2D eigenvalue weighted by atomic mass is 35.5. The van der Waals surface area contributed by atoms with Crippen molar-refractivity contribution in [3.8, 4) is 0 Å². The molecule has 2 aromatic carbocycles. The van der Waals surface area contributed by atoms with Gasteiger partial charge in [0.1, 0.15) is 5.69 Å². The van der Waals surface area contributed by atoms with Crippen LogP contribution in [0.15, 0.2) is 56.3 Å². The summed E-state index contributed by atoms with van der Waals surface area (Å²) < 4.78 is 34.2. The van der Waals surface area contributed by atoms with Crippen LogP contribution >= 0.6 is 35.0 Å². The van der Waals surface area contributed by atoms with Gasteiger partial charge in [0.25, 0.3) is 0 Å². The minimum atomic E-state index is -3.83. The van der Waals surface area contributed by atoms with Gasteiger partial charge in [-0.25, -0.2) is 8.42 Å². The Morgan fingerprint density at radius 1 is 1.06 bits per heavy atom. The van der Waals surface area contributed by atoms with Gasteiger partial charge >= 0.3 is 0 Å². The lowest BCUT2D eigenvalue weighted by Gasteiger charge is -2.35. The maximum Gasteiger partial charge on any atom is 0.244 e. The zero-order valence-electron chi connectivity index (χ0n) is 17.2. The van der Waals surface area contributed by atoms with E-state index in [1.807, 2.05) is 0 Å². The lowest BCUT2D eigenvalue weighted by Crippen LogP contribution is -2.50. The molecular formula is C21H23Cl2N3O4S2. The van der Waals surface area contributed by atoms with Crippen molar-refractivity contribution < 1.29 is 13.2 Å². The molecule has 2 heterocycles. The fourth-order valence-corrected chi connectivity index (χ4v) is 7.45. The maximum absolute atomic E-state index is 13.5. The van der Waals surface area contributed by atoms with Crippen LogP contribution in [0.1, 0.15) is 12.8 Å². The third kappa shape index (κ3) is 5.64. The molecule has 2 aliphatic rings. The molecule has 0 radical (unpaired) electrons. The fraction of sp³-hybridized carbons (Fsp3) is 0.429. The summed E-state index contributed by atoms with van der Waals surface area (Å²) in [5.74, 6) is 0. The highest BCUT2D eigenvalue weighted by molar-refractivity contribution is 8.00. The number of nitrogens with zero attached hydrogens (tertiary/aromatic N) is 3. The molecule has 0 N–H and O–H groups in total. The number of nitroso groups, excluding NO2 is 1. The molecule has 0 aliphatic carbocycles. The van der Waals surface area contributed by atoms with Crippen molar-refractivity contribution in [2.24, 2.45) is 5.18 Å².